The number of hydrogen-bond donors (Lipinski definition) is 1. The van der Waals surface area contributed by atoms with Crippen molar-refractivity contribution in [2.75, 3.05) is 0 Å². The van der Waals surface area contributed by atoms with E-state index in [0.717, 1.165) is 12.3 Å². The van der Waals surface area contributed by atoms with Crippen molar-refractivity contribution in [2.24, 2.45) is 0 Å². The normalized spacial score (nSPS) is 10.2. The van der Waals surface area contributed by atoms with Crippen molar-refractivity contribution in [3.05, 3.63) is 47.9 Å². The lowest BCUT2D eigenvalue weighted by molar-refractivity contribution is 0.0690. The van der Waals surface area contributed by atoms with Crippen LogP contribution in [0.25, 0.3) is 11.3 Å². The number of nitrogens with zero attached hydrogens (tertiary/aromatic N) is 2. The van der Waals surface area contributed by atoms with Crippen LogP contribution in [-0.4, -0.2) is 21.0 Å². The Morgan fingerprint density at radius 2 is 2.00 bits per heavy atom. The van der Waals surface area contributed by atoms with Gasteiger partial charge in [-0.05, 0) is 12.1 Å². The van der Waals surface area contributed by atoms with Gasteiger partial charge in [0.15, 0.2) is 5.69 Å². The number of rotatable bonds is 2. The Hall–Kier alpha value is -2.37. The second kappa shape index (κ2) is 4.25. The smallest absolute Gasteiger partial charge is 0.356 e. The maximum Gasteiger partial charge on any atom is 0.356 e. The molecule has 86 valence electrons. The van der Waals surface area contributed by atoms with Crippen molar-refractivity contribution in [3.63, 3.8) is 0 Å². The van der Waals surface area contributed by atoms with Crippen LogP contribution < -0.4 is 0 Å². The van der Waals surface area contributed by atoms with E-state index >= 15 is 0 Å². The molecule has 0 radical (unpaired) electrons. The van der Waals surface area contributed by atoms with Crippen molar-refractivity contribution >= 4 is 5.97 Å². The van der Waals surface area contributed by atoms with Gasteiger partial charge in [-0.1, -0.05) is 0 Å². The monoisotopic (exact) mass is 236 g/mol. The van der Waals surface area contributed by atoms with E-state index in [1.807, 2.05) is 0 Å². The van der Waals surface area contributed by atoms with Crippen LogP contribution in [0.4, 0.5) is 8.78 Å². The molecule has 0 saturated carbocycles. The average Bonchev–Trinajstić information content (AvgIpc) is 2.29. The summed E-state index contributed by atoms with van der Waals surface area (Å²) >= 11 is 0. The van der Waals surface area contributed by atoms with Crippen LogP contribution in [0.5, 0.6) is 0 Å². The maximum absolute atomic E-state index is 13.4. The fourth-order valence-corrected chi connectivity index (χ4v) is 1.30. The third-order valence-electron chi connectivity index (χ3n) is 2.06. The summed E-state index contributed by atoms with van der Waals surface area (Å²) in [5.74, 6) is -2.79. The number of hydrogen-bond acceptors (Lipinski definition) is 3. The highest BCUT2D eigenvalue weighted by Crippen LogP contribution is 2.20. The van der Waals surface area contributed by atoms with Crippen molar-refractivity contribution in [3.8, 4) is 11.3 Å². The van der Waals surface area contributed by atoms with Crippen molar-refractivity contribution < 1.29 is 18.7 Å². The molecule has 2 rings (SSSR count). The maximum atomic E-state index is 13.4. The minimum Gasteiger partial charge on any atom is -0.476 e. The first-order chi connectivity index (χ1) is 8.08. The van der Waals surface area contributed by atoms with Gasteiger partial charge < -0.3 is 5.11 Å². The Bertz CT molecular complexity index is 587. The highest BCUT2D eigenvalue weighted by atomic mass is 19.1. The highest BCUT2D eigenvalue weighted by Gasteiger charge is 2.11. The Morgan fingerprint density at radius 3 is 2.65 bits per heavy atom. The molecule has 0 amide bonds. The fraction of sp³-hybridized carbons (Fsp3) is 0. The third-order valence-corrected chi connectivity index (χ3v) is 2.06. The molecule has 1 aromatic heterocycles. The van der Waals surface area contributed by atoms with Gasteiger partial charge in [0.25, 0.3) is 0 Å². The van der Waals surface area contributed by atoms with E-state index < -0.39 is 17.6 Å². The Labute approximate surface area is 94.6 Å². The summed E-state index contributed by atoms with van der Waals surface area (Å²) in [6.45, 7) is 0. The quantitative estimate of drug-likeness (QED) is 0.867. The Morgan fingerprint density at radius 1 is 1.24 bits per heavy atom. The number of carbonyl (C=O) groups is 1. The summed E-state index contributed by atoms with van der Waals surface area (Å²) < 4.78 is 26.1. The number of aromatic carboxylic acids is 1. The molecule has 1 heterocycles. The van der Waals surface area contributed by atoms with Crippen LogP contribution in [0, 0.1) is 11.6 Å². The van der Waals surface area contributed by atoms with Gasteiger partial charge in [-0.3, -0.25) is 4.98 Å². The first-order valence-electron chi connectivity index (χ1n) is 4.58. The van der Waals surface area contributed by atoms with Crippen molar-refractivity contribution in [1.82, 2.24) is 9.97 Å². The van der Waals surface area contributed by atoms with Gasteiger partial charge in [-0.2, -0.15) is 0 Å². The first kappa shape index (κ1) is 11.1. The topological polar surface area (TPSA) is 63.1 Å². The van der Waals surface area contributed by atoms with Gasteiger partial charge >= 0.3 is 5.97 Å². The van der Waals surface area contributed by atoms with Crippen LogP contribution in [-0.2, 0) is 0 Å². The summed E-state index contributed by atoms with van der Waals surface area (Å²) in [4.78, 5) is 18.0. The van der Waals surface area contributed by atoms with Gasteiger partial charge in [0.05, 0.1) is 18.1 Å². The molecule has 4 nitrogen and oxygen atoms in total. The highest BCUT2D eigenvalue weighted by molar-refractivity contribution is 5.85. The molecule has 0 fully saturated rings. The molecule has 0 aliphatic rings. The molecule has 6 heteroatoms. The first-order valence-corrected chi connectivity index (χ1v) is 4.58. The number of benzene rings is 1. The lowest BCUT2D eigenvalue weighted by Crippen LogP contribution is -2.02. The predicted octanol–water partition coefficient (Wildman–Crippen LogP) is 2.12. The predicted molar refractivity (Wildman–Crippen MR) is 54.3 cm³/mol. The van der Waals surface area contributed by atoms with Crippen LogP contribution in [0.3, 0.4) is 0 Å². The Balaban J connectivity index is 2.53. The second-order valence-electron chi connectivity index (χ2n) is 3.22. The average molecular weight is 236 g/mol. The van der Waals surface area contributed by atoms with Gasteiger partial charge in [0, 0.05) is 11.6 Å². The third kappa shape index (κ3) is 2.25. The van der Waals surface area contributed by atoms with Gasteiger partial charge in [0.2, 0.25) is 0 Å². The molecular formula is C11H6F2N2O2. The van der Waals surface area contributed by atoms with Crippen LogP contribution in [0.1, 0.15) is 10.5 Å². The van der Waals surface area contributed by atoms with Crippen LogP contribution in [0.15, 0.2) is 30.6 Å². The van der Waals surface area contributed by atoms with Gasteiger partial charge in [0.1, 0.15) is 11.6 Å². The van der Waals surface area contributed by atoms with E-state index in [4.69, 9.17) is 5.11 Å². The zero-order valence-electron chi connectivity index (χ0n) is 8.39. The summed E-state index contributed by atoms with van der Waals surface area (Å²) in [5.41, 5.74) is -0.254. The lowest BCUT2D eigenvalue weighted by atomic mass is 10.1. The van der Waals surface area contributed by atoms with E-state index in [0.29, 0.717) is 6.07 Å². The molecule has 1 N–H and O–H groups in total. The number of aromatic nitrogens is 2. The SMILES string of the molecule is O=C(O)c1cncc(-c2ccc(F)cc2F)n1. The van der Waals surface area contributed by atoms with Crippen molar-refractivity contribution in [2.45, 2.75) is 0 Å². The fourth-order valence-electron chi connectivity index (χ4n) is 1.30. The minimum absolute atomic E-state index is 0.00185. The second-order valence-corrected chi connectivity index (χ2v) is 3.22. The minimum atomic E-state index is -1.26. The summed E-state index contributed by atoms with van der Waals surface area (Å²) in [7, 11) is 0. The Kier molecular flexibility index (Phi) is 2.78. The molecule has 0 bridgehead atoms. The molecule has 2 aromatic rings. The van der Waals surface area contributed by atoms with Crippen molar-refractivity contribution in [1.29, 1.82) is 0 Å². The number of carboxylic acid groups (broad SMARTS) is 1. The van der Waals surface area contributed by atoms with Crippen LogP contribution >= 0.6 is 0 Å². The molecule has 1 aromatic carbocycles. The van der Waals surface area contributed by atoms with Gasteiger partial charge in [-0.15, -0.1) is 0 Å². The molecule has 0 aliphatic heterocycles. The molecule has 0 spiro atoms. The molecule has 0 aliphatic carbocycles. The molecule has 0 atom stereocenters. The van der Waals surface area contributed by atoms with E-state index in [1.165, 1.54) is 12.3 Å². The zero-order valence-corrected chi connectivity index (χ0v) is 8.39. The number of carboxylic acids is 1. The van der Waals surface area contributed by atoms with E-state index in [9.17, 15) is 13.6 Å². The molecule has 17 heavy (non-hydrogen) atoms. The largest absolute Gasteiger partial charge is 0.476 e. The number of halogens is 2. The molecule has 0 unspecified atom stereocenters. The lowest BCUT2D eigenvalue weighted by Gasteiger charge is -2.02. The summed E-state index contributed by atoms with van der Waals surface area (Å²) in [6.07, 6.45) is 2.26. The molecular weight excluding hydrogens is 230 g/mol. The van der Waals surface area contributed by atoms with E-state index in [2.05, 4.69) is 9.97 Å². The van der Waals surface area contributed by atoms with E-state index in [-0.39, 0.29) is 17.0 Å². The van der Waals surface area contributed by atoms with Gasteiger partial charge in [-0.25, -0.2) is 18.6 Å². The summed E-state index contributed by atoms with van der Waals surface area (Å²) in [6, 6.07) is 2.94. The molecule has 0 saturated heterocycles. The summed E-state index contributed by atoms with van der Waals surface area (Å²) in [5, 5.41) is 8.71. The van der Waals surface area contributed by atoms with E-state index in [1.54, 1.807) is 0 Å². The zero-order chi connectivity index (χ0) is 12.4. The van der Waals surface area contributed by atoms with Crippen LogP contribution in [0.2, 0.25) is 0 Å². The standard InChI is InChI=1S/C11H6F2N2O2/c12-6-1-2-7(8(13)3-6)9-4-14-5-10(15-9)11(16)17/h1-5H,(H,16,17).